The van der Waals surface area contributed by atoms with Crippen LogP contribution >= 0.6 is 7.75 Å². The number of unbranched alkanes of at least 4 members (excludes halogenated alkanes) is 20. The second-order valence-electron chi connectivity index (χ2n) is 14.3. The first kappa shape index (κ1) is 59.4. The van der Waals surface area contributed by atoms with E-state index in [1.807, 2.05) is 12.2 Å². The van der Waals surface area contributed by atoms with Crippen LogP contribution in [0.2, 0.25) is 0 Å². The van der Waals surface area contributed by atoms with Crippen LogP contribution in [0.3, 0.4) is 0 Å². The summed E-state index contributed by atoms with van der Waals surface area (Å²) in [6.45, 7) is 0.635. The summed E-state index contributed by atoms with van der Waals surface area (Å²) in [5.41, 5.74) is 16.6. The molecule has 0 saturated heterocycles. The molecular weight excluding hydrogens is 808 g/mol. The van der Waals surface area contributed by atoms with E-state index >= 15 is 0 Å². The number of aliphatic hydroxyl groups excluding tert-OH is 1. The number of azide groups is 2. The van der Waals surface area contributed by atoms with Gasteiger partial charge in [0.1, 0.15) is 11.5 Å². The minimum Gasteiger partial charge on any atom is -0.469 e. The molecule has 348 valence electrons. The highest BCUT2D eigenvalue weighted by Crippen LogP contribution is 2.50. The van der Waals surface area contributed by atoms with E-state index in [2.05, 4.69) is 41.4 Å². The molecule has 0 fully saturated rings. The predicted octanol–water partition coefficient (Wildman–Crippen LogP) is 15.3. The molecule has 0 aromatic heterocycles. The Hall–Kier alpha value is -4.73. The van der Waals surface area contributed by atoms with Crippen molar-refractivity contribution in [1.82, 2.24) is 0 Å². The number of rotatable bonds is 34. The topological polar surface area (TPSA) is 206 Å². The largest absolute Gasteiger partial charge is 0.525 e. The van der Waals surface area contributed by atoms with E-state index in [1.54, 1.807) is 60.7 Å². The van der Waals surface area contributed by atoms with Crippen LogP contribution in [0, 0.1) is 0 Å². The van der Waals surface area contributed by atoms with Gasteiger partial charge in [-0.05, 0) is 73.9 Å². The van der Waals surface area contributed by atoms with E-state index < -0.39 is 7.75 Å². The van der Waals surface area contributed by atoms with E-state index in [9.17, 15) is 14.2 Å². The van der Waals surface area contributed by atoms with Crippen molar-refractivity contribution in [3.05, 3.63) is 106 Å². The lowest BCUT2D eigenvalue weighted by molar-refractivity contribution is -0.141. The zero-order chi connectivity index (χ0) is 44.8. The molecule has 15 heteroatoms. The summed E-state index contributed by atoms with van der Waals surface area (Å²) >= 11 is 0. The van der Waals surface area contributed by atoms with Gasteiger partial charge in [0.2, 0.25) is 0 Å². The Morgan fingerprint density at radius 2 is 0.919 bits per heavy atom. The third kappa shape index (κ3) is 40.7. The van der Waals surface area contributed by atoms with Crippen LogP contribution in [0.25, 0.3) is 20.9 Å². The van der Waals surface area contributed by atoms with Crippen molar-refractivity contribution in [2.75, 3.05) is 27.4 Å². The van der Waals surface area contributed by atoms with E-state index in [1.165, 1.54) is 117 Å². The summed E-state index contributed by atoms with van der Waals surface area (Å²) < 4.78 is 31.8. The molecule has 0 unspecified atom stereocenters. The van der Waals surface area contributed by atoms with Crippen molar-refractivity contribution in [3.63, 3.8) is 0 Å². The number of carbonyl (C=O) groups is 2. The molecule has 0 radical (unpaired) electrons. The van der Waals surface area contributed by atoms with Crippen LogP contribution in [0.15, 0.2) is 95.0 Å². The number of allylic oxidation sites excluding steroid dienone is 2. The number of ether oxygens (including phenoxy) is 2. The lowest BCUT2D eigenvalue weighted by atomic mass is 10.1. The number of benzene rings is 2. The van der Waals surface area contributed by atoms with Gasteiger partial charge in [-0.25, -0.2) is 4.57 Å². The number of methoxy groups -OCH3 is 2. The van der Waals surface area contributed by atoms with Crippen LogP contribution in [0.1, 0.15) is 162 Å². The van der Waals surface area contributed by atoms with Gasteiger partial charge in [0.15, 0.2) is 0 Å². The van der Waals surface area contributed by atoms with Crippen molar-refractivity contribution in [3.8, 4) is 11.5 Å². The van der Waals surface area contributed by atoms with E-state index in [-0.39, 0.29) is 26.0 Å². The molecule has 0 bridgehead atoms. The van der Waals surface area contributed by atoms with Crippen LogP contribution in [-0.2, 0) is 23.6 Å². The van der Waals surface area contributed by atoms with Gasteiger partial charge in [-0.1, -0.05) is 176 Å². The molecule has 2 rings (SSSR count). The molecule has 14 nitrogen and oxygen atoms in total. The molecule has 0 heterocycles. The Labute approximate surface area is 372 Å². The van der Waals surface area contributed by atoms with Gasteiger partial charge in [-0.15, -0.1) is 0 Å². The average molecular weight is 885 g/mol. The Balaban J connectivity index is 0. The summed E-state index contributed by atoms with van der Waals surface area (Å²) in [7, 11) is -1.06. The van der Waals surface area contributed by atoms with Gasteiger partial charge < -0.3 is 23.6 Å². The molecule has 0 aliphatic rings. The summed E-state index contributed by atoms with van der Waals surface area (Å²) in [5.74, 6) is 0.426. The van der Waals surface area contributed by atoms with Crippen molar-refractivity contribution >= 4 is 19.7 Å². The second-order valence-corrected chi connectivity index (χ2v) is 15.8. The number of carbonyl (C=O) groups excluding carboxylic acids is 2. The third-order valence-electron chi connectivity index (χ3n) is 9.23. The van der Waals surface area contributed by atoms with E-state index in [0.29, 0.717) is 30.9 Å². The highest BCUT2D eigenvalue weighted by atomic mass is 31.2. The summed E-state index contributed by atoms with van der Waals surface area (Å²) in [5, 5.41) is 12.0. The smallest absolute Gasteiger partial charge is 0.469 e. The summed E-state index contributed by atoms with van der Waals surface area (Å²) in [6, 6.07) is 16.8. The number of hydrogen-bond acceptors (Lipinski definition) is 9. The molecule has 0 atom stereocenters. The van der Waals surface area contributed by atoms with Gasteiger partial charge in [0.05, 0.1) is 20.8 Å². The third-order valence-corrected chi connectivity index (χ3v) is 10.4. The zero-order valence-electron chi connectivity index (χ0n) is 36.9. The van der Waals surface area contributed by atoms with E-state index in [0.717, 1.165) is 38.5 Å². The maximum absolute atomic E-state index is 12.3. The van der Waals surface area contributed by atoms with Crippen molar-refractivity contribution in [2.45, 2.75) is 162 Å². The first-order valence-electron chi connectivity index (χ1n) is 22.0. The van der Waals surface area contributed by atoms with Crippen molar-refractivity contribution < 1.29 is 37.8 Å². The highest BCUT2D eigenvalue weighted by molar-refractivity contribution is 7.53. The van der Waals surface area contributed by atoms with Gasteiger partial charge in [0.25, 0.3) is 0 Å². The molecule has 0 saturated carbocycles. The fraction of sp³-hybridized carbons (Fsp3) is 0.617. The van der Waals surface area contributed by atoms with Gasteiger partial charge in [-0.3, -0.25) is 9.59 Å². The van der Waals surface area contributed by atoms with Crippen LogP contribution < -0.4 is 9.05 Å². The summed E-state index contributed by atoms with van der Waals surface area (Å²) in [6.07, 6.45) is 36.1. The van der Waals surface area contributed by atoms with Crippen molar-refractivity contribution in [2.24, 2.45) is 10.00 Å². The molecule has 0 aliphatic carbocycles. The molecule has 0 spiro atoms. The molecule has 0 amide bonds. The fourth-order valence-corrected chi connectivity index (χ4v) is 6.88. The lowest BCUT2D eigenvalue weighted by Gasteiger charge is -2.14. The van der Waals surface area contributed by atoms with Crippen molar-refractivity contribution in [1.29, 1.82) is 0 Å². The maximum atomic E-state index is 12.3. The SMILES string of the molecule is C.COC(=O)CCCCCCCCCCCC/C=C\CN=[N+]=[N-].COC(=O)CCCCCCCCCCCC/C=C\CO.[N-]=[N+]=NP(=O)(Oc1ccccc1)Oc1ccccc1. The predicted molar refractivity (Wildman–Crippen MR) is 252 cm³/mol. The summed E-state index contributed by atoms with van der Waals surface area (Å²) in [4.78, 5) is 30.2. The minimum atomic E-state index is -3.95. The quantitative estimate of drug-likeness (QED) is 0.0136. The van der Waals surface area contributed by atoms with E-state index in [4.69, 9.17) is 25.2 Å². The Bertz CT molecular complexity index is 1510. The average Bonchev–Trinajstić information content (AvgIpc) is 3.27. The monoisotopic (exact) mass is 885 g/mol. The molecule has 2 aromatic rings. The Morgan fingerprint density at radius 1 is 0.565 bits per heavy atom. The maximum Gasteiger partial charge on any atom is 0.525 e. The van der Waals surface area contributed by atoms with Gasteiger partial charge in [-0.2, -0.15) is 0 Å². The number of para-hydroxylation sites is 2. The standard InChI is InChI=1S/C17H31N3O2.C17H32O3.C12H10N3O3P.CH4/c1-22-17(21)15-13-11-9-7-5-3-2-4-6-8-10-12-14-16-19-20-18;1-20-17(19)15-13-11-9-7-5-3-2-4-6-8-10-12-14-16-18;13-14-15-19(16,17-11-7-3-1-4-8-11)18-12-9-5-2-6-10-12;/h12,14H,2-11,13,15-16H2,1H3;12,14,18H,2-11,13,15-16H2,1H3;1-10H;1H4/b2*14-12-;;. The van der Waals surface area contributed by atoms with Gasteiger partial charge >= 0.3 is 19.7 Å². The van der Waals surface area contributed by atoms with Crippen LogP contribution in [0.4, 0.5) is 0 Å². The first-order valence-corrected chi connectivity index (χ1v) is 23.5. The Morgan fingerprint density at radius 3 is 1.26 bits per heavy atom. The molecular formula is C47H77N6O8P. The second kappa shape index (κ2) is 45.8. The Kier molecular flexibility index (Phi) is 43.8. The number of nitrogens with zero attached hydrogens (tertiary/aromatic N) is 6. The van der Waals surface area contributed by atoms with Crippen LogP contribution in [0.5, 0.6) is 11.5 Å². The zero-order valence-corrected chi connectivity index (χ0v) is 37.8. The van der Waals surface area contributed by atoms with Crippen LogP contribution in [-0.4, -0.2) is 44.4 Å². The normalized spacial score (nSPS) is 10.5. The fourth-order valence-electron chi connectivity index (χ4n) is 5.90. The molecule has 2 aromatic carbocycles. The number of aliphatic hydroxyl groups is 1. The highest BCUT2D eigenvalue weighted by Gasteiger charge is 2.26. The van der Waals surface area contributed by atoms with Gasteiger partial charge in [0, 0.05) is 34.1 Å². The first-order chi connectivity index (χ1) is 29.8. The molecule has 62 heavy (non-hydrogen) atoms. The minimum absolute atomic E-state index is 0. The number of hydrogen-bond donors (Lipinski definition) is 1. The molecule has 1 N–H and O–H groups in total. The number of esters is 2. The lowest BCUT2D eigenvalue weighted by Crippen LogP contribution is -1.99. The molecule has 0 aliphatic heterocycles.